The van der Waals surface area contributed by atoms with Crippen molar-refractivity contribution in [2.45, 2.75) is 26.4 Å². The van der Waals surface area contributed by atoms with Gasteiger partial charge in [-0.25, -0.2) is 14.5 Å². The molecule has 0 radical (unpaired) electrons. The van der Waals surface area contributed by atoms with E-state index in [1.807, 2.05) is 6.92 Å². The fourth-order valence-electron chi connectivity index (χ4n) is 1.32. The van der Waals surface area contributed by atoms with Crippen LogP contribution in [0.25, 0.3) is 0 Å². The molecule has 22 heavy (non-hydrogen) atoms. The van der Waals surface area contributed by atoms with Gasteiger partial charge in [-0.15, -0.1) is 0 Å². The zero-order valence-corrected chi connectivity index (χ0v) is 12.8. The van der Waals surface area contributed by atoms with Crippen LogP contribution in [-0.2, 0) is 19.6 Å². The monoisotopic (exact) mass is 314 g/mol. The molecule has 0 amide bonds. The molecular weight excluding hydrogens is 296 g/mol. The summed E-state index contributed by atoms with van der Waals surface area (Å²) in [6.45, 7) is 3.50. The molecule has 1 atom stereocenters. The van der Waals surface area contributed by atoms with Crippen molar-refractivity contribution < 1.29 is 38.6 Å². The van der Waals surface area contributed by atoms with Crippen molar-refractivity contribution in [2.75, 3.05) is 14.2 Å². The molecule has 0 aliphatic rings. The third-order valence-electron chi connectivity index (χ3n) is 2.67. The van der Waals surface area contributed by atoms with Crippen molar-refractivity contribution in [2.24, 2.45) is 0 Å². The molecule has 0 spiro atoms. The van der Waals surface area contributed by atoms with Crippen LogP contribution in [-0.4, -0.2) is 32.4 Å². The summed E-state index contributed by atoms with van der Waals surface area (Å²) in [5.41, 5.74) is 0.0927. The van der Waals surface area contributed by atoms with E-state index in [1.54, 1.807) is 13.0 Å². The van der Waals surface area contributed by atoms with Crippen molar-refractivity contribution in [3.63, 3.8) is 0 Å². The molecule has 1 aromatic rings. The van der Waals surface area contributed by atoms with E-state index in [0.29, 0.717) is 17.9 Å². The summed E-state index contributed by atoms with van der Waals surface area (Å²) in [6.07, 6.45) is -0.835. The van der Waals surface area contributed by atoms with Gasteiger partial charge in [0.1, 0.15) is 17.6 Å². The van der Waals surface area contributed by atoms with Gasteiger partial charge in [-0.2, -0.15) is 0 Å². The minimum absolute atomic E-state index is 0.0927. The smallest absolute Gasteiger partial charge is 0.497 e. The maximum absolute atomic E-state index is 11.8. The predicted molar refractivity (Wildman–Crippen MR) is 73.4 cm³/mol. The number of hydrogen-bond acceptors (Lipinski definition) is 8. The van der Waals surface area contributed by atoms with Gasteiger partial charge in [0.05, 0.1) is 24.8 Å². The van der Waals surface area contributed by atoms with E-state index in [0.717, 1.165) is 0 Å². The second-order valence-corrected chi connectivity index (χ2v) is 4.21. The Bertz CT molecular complexity index is 491. The van der Waals surface area contributed by atoms with Crippen LogP contribution in [0, 0.1) is 0 Å². The zero-order chi connectivity index (χ0) is 16.5. The molecule has 0 heterocycles. The topological polar surface area (TPSA) is 89.5 Å². The van der Waals surface area contributed by atoms with Crippen LogP contribution in [0.4, 0.5) is 4.79 Å². The summed E-state index contributed by atoms with van der Waals surface area (Å²) in [4.78, 5) is 31.4. The van der Waals surface area contributed by atoms with E-state index in [4.69, 9.17) is 14.2 Å². The Balaban J connectivity index is 2.53. The second-order valence-electron chi connectivity index (χ2n) is 4.21. The standard InChI is InChI=1S/C14H18O8/c1-5-9(2)19-14(16)21-22-20-13(15)10-6-11(17-3)8-12(7-10)18-4/h6-9H,5H2,1-4H3. The normalized spacial score (nSPS) is 11.3. The van der Waals surface area contributed by atoms with Gasteiger partial charge in [-0.1, -0.05) is 6.92 Å². The van der Waals surface area contributed by atoms with Crippen molar-refractivity contribution in [3.8, 4) is 11.5 Å². The molecule has 8 nitrogen and oxygen atoms in total. The molecule has 0 saturated heterocycles. The SMILES string of the molecule is CCC(C)OC(=O)OOOC(=O)c1cc(OC)cc(OC)c1. The van der Waals surface area contributed by atoms with E-state index in [2.05, 4.69) is 14.8 Å². The highest BCUT2D eigenvalue weighted by molar-refractivity contribution is 5.90. The number of methoxy groups -OCH3 is 2. The maximum atomic E-state index is 11.8. The minimum Gasteiger partial charge on any atom is -0.497 e. The van der Waals surface area contributed by atoms with Gasteiger partial charge < -0.3 is 14.2 Å². The van der Waals surface area contributed by atoms with E-state index < -0.39 is 12.1 Å². The average Bonchev–Trinajstić information content (AvgIpc) is 2.53. The number of ether oxygens (including phenoxy) is 3. The third kappa shape index (κ3) is 5.49. The van der Waals surface area contributed by atoms with Gasteiger partial charge in [-0.05, 0) is 25.5 Å². The van der Waals surface area contributed by atoms with Crippen LogP contribution in [0.2, 0.25) is 0 Å². The summed E-state index contributed by atoms with van der Waals surface area (Å²) in [5, 5.41) is 4.10. The van der Waals surface area contributed by atoms with Gasteiger partial charge in [0.25, 0.3) is 0 Å². The minimum atomic E-state index is -1.11. The molecule has 1 unspecified atom stereocenters. The Hall–Kier alpha value is -2.48. The number of rotatable bonds is 7. The number of hydrogen-bond donors (Lipinski definition) is 0. The highest BCUT2D eigenvalue weighted by Crippen LogP contribution is 2.23. The quantitative estimate of drug-likeness (QED) is 0.431. The maximum Gasteiger partial charge on any atom is 0.543 e. The lowest BCUT2D eigenvalue weighted by atomic mass is 10.2. The van der Waals surface area contributed by atoms with Crippen LogP contribution in [0.5, 0.6) is 11.5 Å². The Morgan fingerprint density at radius 3 is 2.14 bits per heavy atom. The van der Waals surface area contributed by atoms with Crippen molar-refractivity contribution in [1.82, 2.24) is 0 Å². The first-order valence-corrected chi connectivity index (χ1v) is 6.49. The lowest BCUT2D eigenvalue weighted by Gasteiger charge is -2.09. The van der Waals surface area contributed by atoms with Crippen LogP contribution >= 0.6 is 0 Å². The number of carbonyl (C=O) groups is 2. The van der Waals surface area contributed by atoms with Gasteiger partial charge in [0.15, 0.2) is 0 Å². The van der Waals surface area contributed by atoms with E-state index in [1.165, 1.54) is 26.4 Å². The first kappa shape index (κ1) is 17.6. The zero-order valence-electron chi connectivity index (χ0n) is 12.8. The van der Waals surface area contributed by atoms with Crippen molar-refractivity contribution in [1.29, 1.82) is 0 Å². The second kappa shape index (κ2) is 8.73. The van der Waals surface area contributed by atoms with Gasteiger partial charge in [0, 0.05) is 6.07 Å². The Morgan fingerprint density at radius 2 is 1.64 bits per heavy atom. The molecule has 0 fully saturated rings. The fourth-order valence-corrected chi connectivity index (χ4v) is 1.32. The van der Waals surface area contributed by atoms with E-state index >= 15 is 0 Å². The van der Waals surface area contributed by atoms with Gasteiger partial charge in [-0.3, -0.25) is 4.89 Å². The lowest BCUT2D eigenvalue weighted by molar-refractivity contribution is -0.452. The Morgan fingerprint density at radius 1 is 1.05 bits per heavy atom. The summed E-state index contributed by atoms with van der Waals surface area (Å²) in [5.74, 6) is -0.111. The lowest BCUT2D eigenvalue weighted by Crippen LogP contribution is -2.17. The van der Waals surface area contributed by atoms with Crippen LogP contribution in [0.1, 0.15) is 30.6 Å². The highest BCUT2D eigenvalue weighted by Gasteiger charge is 2.15. The Kier molecular flexibility index (Phi) is 6.97. The first-order valence-electron chi connectivity index (χ1n) is 6.49. The van der Waals surface area contributed by atoms with Crippen LogP contribution in [0.3, 0.4) is 0 Å². The number of benzene rings is 1. The molecule has 8 heteroatoms. The van der Waals surface area contributed by atoms with Crippen LogP contribution < -0.4 is 9.47 Å². The summed E-state index contributed by atoms with van der Waals surface area (Å²) in [7, 11) is 2.88. The van der Waals surface area contributed by atoms with Gasteiger partial charge in [0.2, 0.25) is 0 Å². The fraction of sp³-hybridized carbons (Fsp3) is 0.429. The highest BCUT2D eigenvalue weighted by atomic mass is 17.5. The first-order chi connectivity index (χ1) is 10.5. The van der Waals surface area contributed by atoms with Crippen molar-refractivity contribution in [3.05, 3.63) is 23.8 Å². The average molecular weight is 314 g/mol. The molecule has 0 aliphatic heterocycles. The molecule has 122 valence electrons. The summed E-state index contributed by atoms with van der Waals surface area (Å²) < 4.78 is 14.8. The van der Waals surface area contributed by atoms with Crippen molar-refractivity contribution >= 4 is 12.1 Å². The molecule has 0 saturated carbocycles. The summed E-state index contributed by atoms with van der Waals surface area (Å²) in [6, 6.07) is 4.40. The predicted octanol–water partition coefficient (Wildman–Crippen LogP) is 2.66. The molecule has 0 aromatic heterocycles. The third-order valence-corrected chi connectivity index (χ3v) is 2.67. The molecule has 0 N–H and O–H groups in total. The van der Waals surface area contributed by atoms with Crippen LogP contribution in [0.15, 0.2) is 18.2 Å². The van der Waals surface area contributed by atoms with Gasteiger partial charge >= 0.3 is 12.1 Å². The molecular formula is C14H18O8. The summed E-state index contributed by atoms with van der Waals surface area (Å²) >= 11 is 0. The molecule has 1 aromatic carbocycles. The Labute approximate surface area is 127 Å². The largest absolute Gasteiger partial charge is 0.543 e. The molecule has 1 rings (SSSR count). The van der Waals surface area contributed by atoms with E-state index in [-0.39, 0.29) is 11.7 Å². The molecule has 0 bridgehead atoms. The van der Waals surface area contributed by atoms with E-state index in [9.17, 15) is 9.59 Å². The number of carbonyl (C=O) groups excluding carboxylic acids is 2. The molecule has 0 aliphatic carbocycles.